The van der Waals surface area contributed by atoms with Crippen LogP contribution >= 0.6 is 0 Å². The summed E-state index contributed by atoms with van der Waals surface area (Å²) in [5, 5.41) is 18.9. The summed E-state index contributed by atoms with van der Waals surface area (Å²) < 4.78 is 6.69. The van der Waals surface area contributed by atoms with Gasteiger partial charge in [-0.1, -0.05) is 18.2 Å². The zero-order valence-electron chi connectivity index (χ0n) is 16.2. The van der Waals surface area contributed by atoms with Crippen molar-refractivity contribution in [3.8, 4) is 17.0 Å². The van der Waals surface area contributed by atoms with Gasteiger partial charge in [0, 0.05) is 24.2 Å². The lowest BCUT2D eigenvalue weighted by Gasteiger charge is -2.11. The van der Waals surface area contributed by atoms with E-state index in [0.29, 0.717) is 27.9 Å². The fourth-order valence-corrected chi connectivity index (χ4v) is 3.15. The zero-order chi connectivity index (χ0) is 21.3. The summed E-state index contributed by atoms with van der Waals surface area (Å²) in [5.74, 6) is -0.153. The molecule has 0 fully saturated rings. The van der Waals surface area contributed by atoms with Crippen LogP contribution in [-0.4, -0.2) is 32.7 Å². The van der Waals surface area contributed by atoms with E-state index in [1.807, 2.05) is 12.1 Å². The maximum Gasteiger partial charge on any atom is 0.296 e. The molecule has 4 aromatic rings. The number of aromatic nitrogens is 3. The number of nitrogens with one attached hydrogen (secondary N) is 1. The number of pyridine rings is 1. The second kappa shape index (κ2) is 7.63. The molecule has 0 saturated carbocycles. The van der Waals surface area contributed by atoms with E-state index in [-0.39, 0.29) is 11.4 Å². The van der Waals surface area contributed by atoms with Gasteiger partial charge in [0.2, 0.25) is 0 Å². The Balaban J connectivity index is 1.79. The monoisotopic (exact) mass is 403 g/mol. The van der Waals surface area contributed by atoms with Crippen LogP contribution in [0.3, 0.4) is 0 Å². The van der Waals surface area contributed by atoms with E-state index in [4.69, 9.17) is 4.74 Å². The quantitative estimate of drug-likeness (QED) is 0.401. The molecule has 9 nitrogen and oxygen atoms in total. The van der Waals surface area contributed by atoms with Crippen LogP contribution in [0.2, 0.25) is 0 Å². The zero-order valence-corrected chi connectivity index (χ0v) is 16.2. The SMILES string of the molecule is COc1ccc(NC(=O)c2cc(-c3cnn(C)c3)nc3ccccc23)c([N+](=O)[O-])c1. The number of aryl methyl sites for hydroxylation is 1. The smallest absolute Gasteiger partial charge is 0.296 e. The van der Waals surface area contributed by atoms with Gasteiger partial charge < -0.3 is 10.1 Å². The van der Waals surface area contributed by atoms with E-state index >= 15 is 0 Å². The van der Waals surface area contributed by atoms with E-state index in [1.165, 1.54) is 19.2 Å². The number of anilines is 1. The summed E-state index contributed by atoms with van der Waals surface area (Å²) >= 11 is 0. The third-order valence-electron chi connectivity index (χ3n) is 4.61. The van der Waals surface area contributed by atoms with E-state index in [0.717, 1.165) is 5.56 Å². The lowest BCUT2D eigenvalue weighted by atomic mass is 10.0. The van der Waals surface area contributed by atoms with Gasteiger partial charge in [-0.15, -0.1) is 0 Å². The molecule has 0 spiro atoms. The Kier molecular flexibility index (Phi) is 4.85. The van der Waals surface area contributed by atoms with Gasteiger partial charge in [-0.3, -0.25) is 19.6 Å². The molecule has 0 radical (unpaired) electrons. The number of rotatable bonds is 5. The van der Waals surface area contributed by atoms with Crippen molar-refractivity contribution in [2.75, 3.05) is 12.4 Å². The van der Waals surface area contributed by atoms with Gasteiger partial charge >= 0.3 is 0 Å². The highest BCUT2D eigenvalue weighted by molar-refractivity contribution is 6.13. The van der Waals surface area contributed by atoms with Gasteiger partial charge in [-0.05, 0) is 24.3 Å². The van der Waals surface area contributed by atoms with Gasteiger partial charge in [-0.2, -0.15) is 5.10 Å². The fourth-order valence-electron chi connectivity index (χ4n) is 3.15. The number of methoxy groups -OCH3 is 1. The summed E-state index contributed by atoms with van der Waals surface area (Å²) in [4.78, 5) is 28.6. The van der Waals surface area contributed by atoms with Crippen molar-refractivity contribution in [2.24, 2.45) is 7.05 Å². The molecule has 0 bridgehead atoms. The number of hydrogen-bond acceptors (Lipinski definition) is 6. The molecule has 0 saturated heterocycles. The Morgan fingerprint density at radius 2 is 2.00 bits per heavy atom. The molecular formula is C21H17N5O4. The van der Waals surface area contributed by atoms with Crippen LogP contribution in [0.5, 0.6) is 5.75 Å². The standard InChI is InChI=1S/C21H17N5O4/c1-25-12-13(11-22-25)19-10-16(15-5-3-4-6-17(15)23-19)21(27)24-18-8-7-14(30-2)9-20(18)26(28)29/h3-12H,1-2H3,(H,24,27). The first kappa shape index (κ1) is 19.1. The van der Waals surface area contributed by atoms with Crippen LogP contribution in [0, 0.1) is 10.1 Å². The Hall–Kier alpha value is -4.27. The third kappa shape index (κ3) is 3.55. The maximum atomic E-state index is 13.1. The Labute approximate surface area is 171 Å². The largest absolute Gasteiger partial charge is 0.496 e. The first-order chi connectivity index (χ1) is 14.5. The van der Waals surface area contributed by atoms with Crippen molar-refractivity contribution in [1.82, 2.24) is 14.8 Å². The number of benzene rings is 2. The van der Waals surface area contributed by atoms with Gasteiger partial charge in [-0.25, -0.2) is 4.98 Å². The van der Waals surface area contributed by atoms with Crippen LogP contribution in [0.1, 0.15) is 10.4 Å². The minimum Gasteiger partial charge on any atom is -0.496 e. The lowest BCUT2D eigenvalue weighted by Crippen LogP contribution is -2.14. The molecule has 0 aliphatic rings. The van der Waals surface area contributed by atoms with Crippen LogP contribution in [0.25, 0.3) is 22.2 Å². The molecule has 150 valence electrons. The molecule has 0 atom stereocenters. The highest BCUT2D eigenvalue weighted by atomic mass is 16.6. The Bertz CT molecular complexity index is 1280. The predicted octanol–water partition coefficient (Wildman–Crippen LogP) is 3.80. The third-order valence-corrected chi connectivity index (χ3v) is 4.61. The van der Waals surface area contributed by atoms with Gasteiger partial charge in [0.25, 0.3) is 11.6 Å². The first-order valence-electron chi connectivity index (χ1n) is 8.99. The summed E-state index contributed by atoms with van der Waals surface area (Å²) in [7, 11) is 3.21. The highest BCUT2D eigenvalue weighted by Crippen LogP contribution is 2.31. The Morgan fingerprint density at radius 3 is 2.70 bits per heavy atom. The molecule has 9 heteroatoms. The molecule has 0 aliphatic carbocycles. The molecule has 1 N–H and O–H groups in total. The summed E-state index contributed by atoms with van der Waals surface area (Å²) in [5.41, 5.74) is 2.14. The molecule has 30 heavy (non-hydrogen) atoms. The van der Waals surface area contributed by atoms with Crippen molar-refractivity contribution in [3.63, 3.8) is 0 Å². The number of para-hydroxylation sites is 1. The molecule has 1 amide bonds. The summed E-state index contributed by atoms with van der Waals surface area (Å²) in [6, 6.07) is 13.1. The maximum absolute atomic E-state index is 13.1. The normalized spacial score (nSPS) is 10.7. The number of nitro groups is 1. The summed E-state index contributed by atoms with van der Waals surface area (Å²) in [6.45, 7) is 0. The number of amides is 1. The second-order valence-electron chi connectivity index (χ2n) is 6.57. The number of ether oxygens (including phenoxy) is 1. The van der Waals surface area contributed by atoms with Crippen molar-refractivity contribution in [2.45, 2.75) is 0 Å². The fraction of sp³-hybridized carbons (Fsp3) is 0.0952. The van der Waals surface area contributed by atoms with Crippen molar-refractivity contribution in [3.05, 3.63) is 76.6 Å². The Morgan fingerprint density at radius 1 is 1.20 bits per heavy atom. The first-order valence-corrected chi connectivity index (χ1v) is 8.99. The molecule has 2 heterocycles. The van der Waals surface area contributed by atoms with Gasteiger partial charge in [0.15, 0.2) is 0 Å². The van der Waals surface area contributed by atoms with E-state index in [9.17, 15) is 14.9 Å². The van der Waals surface area contributed by atoms with Gasteiger partial charge in [0.1, 0.15) is 11.4 Å². The van der Waals surface area contributed by atoms with E-state index in [2.05, 4.69) is 15.4 Å². The number of fused-ring (bicyclic) bond motifs is 1. The van der Waals surface area contributed by atoms with Crippen LogP contribution in [0.15, 0.2) is 60.9 Å². The number of carbonyl (C=O) groups is 1. The molecule has 0 aliphatic heterocycles. The molecule has 4 rings (SSSR count). The highest BCUT2D eigenvalue weighted by Gasteiger charge is 2.20. The molecule has 2 aromatic carbocycles. The average molecular weight is 403 g/mol. The second-order valence-corrected chi connectivity index (χ2v) is 6.57. The predicted molar refractivity (Wildman–Crippen MR) is 112 cm³/mol. The van der Waals surface area contributed by atoms with Crippen LogP contribution < -0.4 is 10.1 Å². The molecule has 0 unspecified atom stereocenters. The van der Waals surface area contributed by atoms with Crippen LogP contribution in [-0.2, 0) is 7.05 Å². The topological polar surface area (TPSA) is 112 Å². The van der Waals surface area contributed by atoms with Gasteiger partial charge in [0.05, 0.1) is 41.1 Å². The average Bonchev–Trinajstić information content (AvgIpc) is 3.19. The van der Waals surface area contributed by atoms with Crippen molar-refractivity contribution in [1.29, 1.82) is 0 Å². The molecule has 2 aromatic heterocycles. The van der Waals surface area contributed by atoms with Crippen molar-refractivity contribution < 1.29 is 14.5 Å². The number of nitro benzene ring substituents is 1. The lowest BCUT2D eigenvalue weighted by molar-refractivity contribution is -0.384. The number of hydrogen-bond donors (Lipinski definition) is 1. The minimum atomic E-state index is -0.566. The van der Waals surface area contributed by atoms with E-state index in [1.54, 1.807) is 48.4 Å². The summed E-state index contributed by atoms with van der Waals surface area (Å²) in [6.07, 6.45) is 3.46. The van der Waals surface area contributed by atoms with E-state index < -0.39 is 10.8 Å². The van der Waals surface area contributed by atoms with Crippen molar-refractivity contribution >= 4 is 28.2 Å². The molecular weight excluding hydrogens is 386 g/mol. The number of nitrogens with zero attached hydrogens (tertiary/aromatic N) is 4. The number of carbonyl (C=O) groups excluding carboxylic acids is 1. The minimum absolute atomic E-state index is 0.0784. The van der Waals surface area contributed by atoms with Crippen LogP contribution in [0.4, 0.5) is 11.4 Å².